The van der Waals surface area contributed by atoms with Crippen molar-refractivity contribution in [3.63, 3.8) is 0 Å². The summed E-state index contributed by atoms with van der Waals surface area (Å²) in [6.45, 7) is 2.33. The lowest BCUT2D eigenvalue weighted by Crippen LogP contribution is -2.56. The first kappa shape index (κ1) is 28.0. The summed E-state index contributed by atoms with van der Waals surface area (Å²) in [5.74, 6) is -0.0356. The van der Waals surface area contributed by atoms with E-state index in [0.29, 0.717) is 17.8 Å². The Hall–Kier alpha value is -3.51. The number of alkyl halides is 3. The highest BCUT2D eigenvalue weighted by atomic mass is 19.4. The van der Waals surface area contributed by atoms with Crippen LogP contribution in [0.3, 0.4) is 0 Å². The monoisotopic (exact) mass is 562 g/mol. The lowest BCUT2D eigenvalue weighted by atomic mass is 9.68. The molecule has 3 N–H and O–H groups in total. The van der Waals surface area contributed by atoms with E-state index in [9.17, 15) is 22.8 Å². The molecular weight excluding hydrogens is 525 g/mol. The fourth-order valence-corrected chi connectivity index (χ4v) is 5.27. The van der Waals surface area contributed by atoms with Gasteiger partial charge in [0.05, 0.1) is 36.2 Å². The number of nitrogens with zero attached hydrogens (tertiary/aromatic N) is 4. The molecule has 5 heterocycles. The van der Waals surface area contributed by atoms with Crippen LogP contribution in [-0.4, -0.2) is 59.3 Å². The molecule has 0 radical (unpaired) electrons. The van der Waals surface area contributed by atoms with Crippen LogP contribution in [0, 0.1) is 5.41 Å². The Morgan fingerprint density at radius 2 is 1.85 bits per heavy atom. The molecule has 0 atom stereocenters. The van der Waals surface area contributed by atoms with Crippen molar-refractivity contribution in [1.29, 1.82) is 0 Å². The molecular formula is C28H37F3N6O3. The van der Waals surface area contributed by atoms with Gasteiger partial charge in [0.2, 0.25) is 5.91 Å². The van der Waals surface area contributed by atoms with Crippen molar-refractivity contribution in [2.75, 3.05) is 43.1 Å². The van der Waals surface area contributed by atoms with Gasteiger partial charge >= 0.3 is 6.18 Å². The Kier molecular flexibility index (Phi) is 7.83. The number of nitrogens with one attached hydrogen (secondary N) is 1. The van der Waals surface area contributed by atoms with E-state index >= 15 is 0 Å². The van der Waals surface area contributed by atoms with E-state index in [-0.39, 0.29) is 52.7 Å². The molecule has 0 spiro atoms. The predicted octanol–water partition coefficient (Wildman–Crippen LogP) is 4.16. The summed E-state index contributed by atoms with van der Waals surface area (Å²) in [6.07, 6.45) is 4.16. The van der Waals surface area contributed by atoms with Crippen LogP contribution >= 0.6 is 0 Å². The summed E-state index contributed by atoms with van der Waals surface area (Å²) in [6, 6.07) is 10.5. The van der Waals surface area contributed by atoms with Crippen molar-refractivity contribution in [1.82, 2.24) is 14.4 Å². The molecule has 218 valence electrons. The van der Waals surface area contributed by atoms with Crippen LogP contribution in [0.1, 0.15) is 47.1 Å². The molecule has 2 aliphatic heterocycles. The summed E-state index contributed by atoms with van der Waals surface area (Å²) in [5.41, 5.74) is 4.62. The molecule has 3 fully saturated rings. The number of anilines is 2. The second-order valence-electron chi connectivity index (χ2n) is 10.7. The molecule has 0 aromatic carbocycles. The van der Waals surface area contributed by atoms with Crippen LogP contribution in [0.5, 0.6) is 0 Å². The summed E-state index contributed by atoms with van der Waals surface area (Å²) >= 11 is 0. The Labute approximate surface area is 232 Å². The number of nitrogens with two attached hydrogens (primary N) is 1. The average Bonchev–Trinajstić information content (AvgIpc) is 2.88. The lowest BCUT2D eigenvalue weighted by Gasteiger charge is -2.42. The molecule has 9 nitrogen and oxygen atoms in total. The number of rotatable bonds is 5. The molecule has 1 amide bonds. The van der Waals surface area contributed by atoms with Gasteiger partial charge in [-0.25, -0.2) is 4.98 Å². The number of hydrogen-bond donors (Lipinski definition) is 2. The minimum absolute atomic E-state index is 0. The molecule has 0 unspecified atom stereocenters. The normalized spacial score (nSPS) is 19.6. The molecule has 3 aliphatic rings. The molecule has 0 bridgehead atoms. The maximum atomic E-state index is 13.2. The fraction of sp³-hybridized carbons (Fsp3) is 0.500. The first-order chi connectivity index (χ1) is 19.2. The highest BCUT2D eigenvalue weighted by molar-refractivity contribution is 5.99. The maximum absolute atomic E-state index is 13.2. The molecule has 3 aromatic rings. The third kappa shape index (κ3) is 5.29. The number of aromatic nitrogens is 3. The van der Waals surface area contributed by atoms with E-state index in [2.05, 4.69) is 20.2 Å². The summed E-state index contributed by atoms with van der Waals surface area (Å²) in [5, 5.41) is 2.80. The molecule has 1 saturated carbocycles. The minimum Gasteiger partial charge on any atom is -0.378 e. The van der Waals surface area contributed by atoms with Crippen LogP contribution in [-0.2, 0) is 14.9 Å². The van der Waals surface area contributed by atoms with Gasteiger partial charge in [-0.15, -0.1) is 0 Å². The number of hydrogen-bond acceptors (Lipinski definition) is 7. The van der Waals surface area contributed by atoms with Crippen molar-refractivity contribution in [3.8, 4) is 0 Å². The van der Waals surface area contributed by atoms with Crippen LogP contribution in [0.2, 0.25) is 0 Å². The van der Waals surface area contributed by atoms with Gasteiger partial charge in [0.1, 0.15) is 16.9 Å². The molecule has 6 rings (SSSR count). The Balaban J connectivity index is 0.000000346. The smallest absolute Gasteiger partial charge is 0.378 e. The first-order valence-electron chi connectivity index (χ1n) is 13.5. The standard InChI is InChI=1S/C22H23N5O3.C6H10F3N.2H2/c28-20-12-18(24-19-6-2-5-11-27(19)20)25-21(29)22(14-30-15-22)17-8-7-16(13-23-17)26-9-3-1-4-10-26;7-6(8,9)5(4-10)2-1-3-5;;/h2,5-8,11-13H,1,3-4,9-10,14-15H2,(H,25,29);1-4,10H2;2*1H. The highest BCUT2D eigenvalue weighted by Gasteiger charge is 2.57. The van der Waals surface area contributed by atoms with Crippen molar-refractivity contribution in [3.05, 3.63) is 64.8 Å². The van der Waals surface area contributed by atoms with Crippen LogP contribution in [0.25, 0.3) is 5.65 Å². The van der Waals surface area contributed by atoms with Gasteiger partial charge in [0.25, 0.3) is 5.56 Å². The number of pyridine rings is 2. The van der Waals surface area contributed by atoms with Crippen LogP contribution in [0.15, 0.2) is 53.6 Å². The van der Waals surface area contributed by atoms with E-state index in [1.165, 1.54) is 29.7 Å². The Morgan fingerprint density at radius 3 is 2.38 bits per heavy atom. The van der Waals surface area contributed by atoms with Crippen molar-refractivity contribution in [2.24, 2.45) is 11.1 Å². The summed E-state index contributed by atoms with van der Waals surface area (Å²) in [7, 11) is 0. The third-order valence-electron chi connectivity index (χ3n) is 8.21. The van der Waals surface area contributed by atoms with Gasteiger partial charge in [0, 0.05) is 34.8 Å². The van der Waals surface area contributed by atoms with E-state index in [0.717, 1.165) is 18.8 Å². The van der Waals surface area contributed by atoms with Crippen LogP contribution < -0.4 is 21.5 Å². The van der Waals surface area contributed by atoms with Crippen molar-refractivity contribution >= 4 is 23.1 Å². The first-order valence-corrected chi connectivity index (χ1v) is 13.5. The largest absolute Gasteiger partial charge is 0.395 e. The number of fused-ring (bicyclic) bond motifs is 1. The zero-order valence-corrected chi connectivity index (χ0v) is 22.1. The van der Waals surface area contributed by atoms with Crippen LogP contribution in [0.4, 0.5) is 24.7 Å². The maximum Gasteiger partial charge on any atom is 0.395 e. The Bertz CT molecular complexity index is 1400. The van der Waals surface area contributed by atoms with Gasteiger partial charge in [0.15, 0.2) is 0 Å². The molecule has 40 heavy (non-hydrogen) atoms. The predicted molar refractivity (Wildman–Crippen MR) is 149 cm³/mol. The number of ether oxygens (including phenoxy) is 1. The minimum atomic E-state index is -4.08. The molecule has 12 heteroatoms. The van der Waals surface area contributed by atoms with Crippen molar-refractivity contribution < 1.29 is 25.6 Å². The van der Waals surface area contributed by atoms with E-state index in [4.69, 9.17) is 10.5 Å². The van der Waals surface area contributed by atoms with E-state index < -0.39 is 17.0 Å². The van der Waals surface area contributed by atoms with Crippen molar-refractivity contribution in [2.45, 2.75) is 50.1 Å². The van der Waals surface area contributed by atoms with E-state index in [1.54, 1.807) is 24.4 Å². The summed E-state index contributed by atoms with van der Waals surface area (Å²) in [4.78, 5) is 36.8. The highest BCUT2D eigenvalue weighted by Crippen LogP contribution is 2.52. The van der Waals surface area contributed by atoms with Gasteiger partial charge < -0.3 is 20.7 Å². The van der Waals surface area contributed by atoms with Gasteiger partial charge in [-0.1, -0.05) is 12.5 Å². The van der Waals surface area contributed by atoms with Gasteiger partial charge in [-0.3, -0.25) is 19.0 Å². The molecule has 1 aliphatic carbocycles. The number of carbonyl (C=O) groups is 1. The SMILES string of the molecule is NCC1(C(F)(F)F)CCC1.O=C(Nc1cc(=O)n2ccccc2n1)C1(c2ccc(N3CCCCC3)cn2)COC1.[HH].[HH]. The second-order valence-corrected chi connectivity index (χ2v) is 10.7. The second kappa shape index (κ2) is 11.2. The topological polar surface area (TPSA) is 115 Å². The number of carbonyl (C=O) groups excluding carboxylic acids is 1. The van der Waals surface area contributed by atoms with Gasteiger partial charge in [-0.2, -0.15) is 13.2 Å². The molecule has 2 saturated heterocycles. The number of amides is 1. The Morgan fingerprint density at radius 1 is 1.10 bits per heavy atom. The fourth-order valence-electron chi connectivity index (χ4n) is 5.27. The zero-order valence-electron chi connectivity index (χ0n) is 22.1. The quantitative estimate of drug-likeness (QED) is 0.480. The van der Waals surface area contributed by atoms with Gasteiger partial charge in [-0.05, 0) is 56.4 Å². The number of halogens is 3. The zero-order chi connectivity index (χ0) is 28.4. The average molecular weight is 563 g/mol. The molecule has 3 aromatic heterocycles. The third-order valence-corrected chi connectivity index (χ3v) is 8.21. The number of piperidine rings is 1. The lowest BCUT2D eigenvalue weighted by molar-refractivity contribution is -0.246. The van der Waals surface area contributed by atoms with E-state index in [1.807, 2.05) is 18.3 Å². The summed E-state index contributed by atoms with van der Waals surface area (Å²) < 4.78 is 43.1.